The Labute approximate surface area is 110 Å². The molecule has 0 unspecified atom stereocenters. The van der Waals surface area contributed by atoms with Crippen molar-refractivity contribution in [1.82, 2.24) is 5.48 Å². The first-order chi connectivity index (χ1) is 9.20. The molecule has 2 aromatic rings. The molecule has 0 bridgehead atoms. The Morgan fingerprint density at radius 1 is 1.11 bits per heavy atom. The van der Waals surface area contributed by atoms with Gasteiger partial charge >= 0.3 is 12.0 Å². The van der Waals surface area contributed by atoms with E-state index in [1.165, 1.54) is 0 Å². The second kappa shape index (κ2) is 5.86. The molecule has 0 radical (unpaired) electrons. The SMILES string of the molecule is CCC(=O)ONC(=O)Nc1cccc2ccccc12. The van der Waals surface area contributed by atoms with Crippen molar-refractivity contribution in [2.45, 2.75) is 13.3 Å². The van der Waals surface area contributed by atoms with Crippen LogP contribution in [0.3, 0.4) is 0 Å². The second-order valence-corrected chi connectivity index (χ2v) is 3.91. The molecule has 2 rings (SSSR count). The molecular formula is C14H14N2O3. The minimum atomic E-state index is -0.585. The number of hydroxylamine groups is 1. The number of carbonyl (C=O) groups excluding carboxylic acids is 2. The van der Waals surface area contributed by atoms with Crippen LogP contribution in [0.25, 0.3) is 10.8 Å². The molecule has 0 aliphatic heterocycles. The maximum absolute atomic E-state index is 11.6. The number of fused-ring (bicyclic) bond motifs is 1. The quantitative estimate of drug-likeness (QED) is 0.814. The Hall–Kier alpha value is -2.56. The number of nitrogens with one attached hydrogen (secondary N) is 2. The highest BCUT2D eigenvalue weighted by molar-refractivity contribution is 6.01. The van der Waals surface area contributed by atoms with E-state index in [0.29, 0.717) is 5.69 Å². The van der Waals surface area contributed by atoms with E-state index in [0.717, 1.165) is 10.8 Å². The van der Waals surface area contributed by atoms with Crippen LogP contribution < -0.4 is 10.8 Å². The lowest BCUT2D eigenvalue weighted by molar-refractivity contribution is -0.148. The minimum absolute atomic E-state index is 0.203. The van der Waals surface area contributed by atoms with Gasteiger partial charge < -0.3 is 10.2 Å². The smallest absolute Gasteiger partial charge is 0.339 e. The summed E-state index contributed by atoms with van der Waals surface area (Å²) in [5.41, 5.74) is 2.70. The molecule has 0 aliphatic carbocycles. The molecule has 2 amide bonds. The van der Waals surface area contributed by atoms with Crippen molar-refractivity contribution in [3.63, 3.8) is 0 Å². The van der Waals surface area contributed by atoms with Crippen LogP contribution in [-0.4, -0.2) is 12.0 Å². The van der Waals surface area contributed by atoms with E-state index >= 15 is 0 Å². The first kappa shape index (κ1) is 12.9. The summed E-state index contributed by atoms with van der Waals surface area (Å²) in [6.07, 6.45) is 0.203. The van der Waals surface area contributed by atoms with E-state index in [9.17, 15) is 9.59 Å². The number of hydrogen-bond donors (Lipinski definition) is 2. The van der Waals surface area contributed by atoms with Crippen molar-refractivity contribution in [2.75, 3.05) is 5.32 Å². The van der Waals surface area contributed by atoms with Crippen LogP contribution in [0.5, 0.6) is 0 Å². The fourth-order valence-corrected chi connectivity index (χ4v) is 1.66. The molecule has 0 spiro atoms. The van der Waals surface area contributed by atoms with Crippen LogP contribution in [0.1, 0.15) is 13.3 Å². The fraction of sp³-hybridized carbons (Fsp3) is 0.143. The van der Waals surface area contributed by atoms with E-state index < -0.39 is 12.0 Å². The monoisotopic (exact) mass is 258 g/mol. The van der Waals surface area contributed by atoms with Gasteiger partial charge in [-0.2, -0.15) is 5.48 Å². The molecule has 0 fully saturated rings. The van der Waals surface area contributed by atoms with Gasteiger partial charge in [-0.15, -0.1) is 0 Å². The Morgan fingerprint density at radius 2 is 1.84 bits per heavy atom. The van der Waals surface area contributed by atoms with E-state index in [1.807, 2.05) is 41.9 Å². The third-order valence-electron chi connectivity index (χ3n) is 2.58. The van der Waals surface area contributed by atoms with E-state index in [2.05, 4.69) is 10.2 Å². The first-order valence-electron chi connectivity index (χ1n) is 5.95. The van der Waals surface area contributed by atoms with Crippen molar-refractivity contribution in [2.24, 2.45) is 0 Å². The number of hydrogen-bond acceptors (Lipinski definition) is 3. The molecule has 5 heteroatoms. The topological polar surface area (TPSA) is 67.4 Å². The maximum Gasteiger partial charge on any atom is 0.352 e. The van der Waals surface area contributed by atoms with E-state index in [4.69, 9.17) is 0 Å². The highest BCUT2D eigenvalue weighted by Gasteiger charge is 2.07. The van der Waals surface area contributed by atoms with Crippen molar-refractivity contribution < 1.29 is 14.4 Å². The summed E-state index contributed by atoms with van der Waals surface area (Å²) in [7, 11) is 0. The molecule has 0 aliphatic rings. The van der Waals surface area contributed by atoms with Gasteiger partial charge in [0.05, 0.1) is 5.69 Å². The van der Waals surface area contributed by atoms with Crippen molar-refractivity contribution in [3.05, 3.63) is 42.5 Å². The molecule has 0 saturated carbocycles. The van der Waals surface area contributed by atoms with Gasteiger partial charge in [0.25, 0.3) is 0 Å². The molecule has 19 heavy (non-hydrogen) atoms. The van der Waals surface area contributed by atoms with E-state index in [1.54, 1.807) is 13.0 Å². The van der Waals surface area contributed by atoms with Gasteiger partial charge in [-0.05, 0) is 11.5 Å². The lowest BCUT2D eigenvalue weighted by Crippen LogP contribution is -2.31. The average molecular weight is 258 g/mol. The van der Waals surface area contributed by atoms with Gasteiger partial charge in [-0.25, -0.2) is 9.59 Å². The number of anilines is 1. The third kappa shape index (κ3) is 3.22. The predicted molar refractivity (Wildman–Crippen MR) is 72.5 cm³/mol. The average Bonchev–Trinajstić information content (AvgIpc) is 2.45. The summed E-state index contributed by atoms with van der Waals surface area (Å²) in [5.74, 6) is -0.493. The van der Waals surface area contributed by atoms with E-state index in [-0.39, 0.29) is 6.42 Å². The zero-order valence-electron chi connectivity index (χ0n) is 10.5. The number of amides is 2. The summed E-state index contributed by atoms with van der Waals surface area (Å²) >= 11 is 0. The number of urea groups is 1. The minimum Gasteiger partial charge on any atom is -0.339 e. The summed E-state index contributed by atoms with van der Waals surface area (Å²) in [5, 5.41) is 4.57. The predicted octanol–water partition coefficient (Wildman–Crippen LogP) is 2.83. The lowest BCUT2D eigenvalue weighted by Gasteiger charge is -2.09. The molecular weight excluding hydrogens is 244 g/mol. The van der Waals surface area contributed by atoms with Crippen molar-refractivity contribution in [3.8, 4) is 0 Å². The highest BCUT2D eigenvalue weighted by Crippen LogP contribution is 2.22. The molecule has 5 nitrogen and oxygen atoms in total. The Morgan fingerprint density at radius 3 is 2.63 bits per heavy atom. The Bertz CT molecular complexity index is 605. The normalized spacial score (nSPS) is 9.95. The fourth-order valence-electron chi connectivity index (χ4n) is 1.66. The largest absolute Gasteiger partial charge is 0.352 e. The third-order valence-corrected chi connectivity index (χ3v) is 2.58. The maximum atomic E-state index is 11.6. The van der Waals surface area contributed by atoms with Gasteiger partial charge in [0.2, 0.25) is 0 Å². The molecule has 98 valence electrons. The summed E-state index contributed by atoms with van der Waals surface area (Å²) in [6, 6.07) is 12.7. The second-order valence-electron chi connectivity index (χ2n) is 3.91. The molecule has 2 N–H and O–H groups in total. The van der Waals surface area contributed by atoms with Crippen LogP contribution in [0.2, 0.25) is 0 Å². The Kier molecular flexibility index (Phi) is 3.97. The van der Waals surface area contributed by atoms with Gasteiger partial charge in [0.15, 0.2) is 0 Å². The molecule has 0 saturated heterocycles. The first-order valence-corrected chi connectivity index (χ1v) is 5.95. The number of benzene rings is 2. The number of carbonyl (C=O) groups is 2. The van der Waals surface area contributed by atoms with Crippen molar-refractivity contribution >= 4 is 28.5 Å². The van der Waals surface area contributed by atoms with Crippen LogP contribution >= 0.6 is 0 Å². The zero-order chi connectivity index (χ0) is 13.7. The molecule has 0 atom stereocenters. The lowest BCUT2D eigenvalue weighted by atomic mass is 10.1. The summed E-state index contributed by atoms with van der Waals surface area (Å²) < 4.78 is 0. The molecule has 0 aromatic heterocycles. The van der Waals surface area contributed by atoms with Crippen LogP contribution in [0.15, 0.2) is 42.5 Å². The van der Waals surface area contributed by atoms with Gasteiger partial charge in [0.1, 0.15) is 0 Å². The van der Waals surface area contributed by atoms with Crippen LogP contribution in [-0.2, 0) is 9.63 Å². The van der Waals surface area contributed by atoms with Crippen molar-refractivity contribution in [1.29, 1.82) is 0 Å². The van der Waals surface area contributed by atoms with Gasteiger partial charge in [-0.1, -0.05) is 43.3 Å². The number of rotatable bonds is 2. The van der Waals surface area contributed by atoms with Crippen LogP contribution in [0, 0.1) is 0 Å². The highest BCUT2D eigenvalue weighted by atomic mass is 16.7. The Balaban J connectivity index is 2.09. The summed E-state index contributed by atoms with van der Waals surface area (Å²) in [6.45, 7) is 1.65. The zero-order valence-corrected chi connectivity index (χ0v) is 10.5. The molecule has 0 heterocycles. The standard InChI is InChI=1S/C14H14N2O3/c1-2-13(17)19-16-14(18)15-12-9-5-7-10-6-3-4-8-11(10)12/h3-9H,2H2,1H3,(H2,15,16,18). The van der Waals surface area contributed by atoms with Gasteiger partial charge in [-0.3, -0.25) is 0 Å². The summed E-state index contributed by atoms with van der Waals surface area (Å²) in [4.78, 5) is 27.0. The van der Waals surface area contributed by atoms with Gasteiger partial charge in [0, 0.05) is 11.8 Å². The molecule has 2 aromatic carbocycles. The van der Waals surface area contributed by atoms with Crippen LogP contribution in [0.4, 0.5) is 10.5 Å².